The summed E-state index contributed by atoms with van der Waals surface area (Å²) in [7, 11) is 0. The highest BCUT2D eigenvalue weighted by molar-refractivity contribution is 4.83. The Labute approximate surface area is 101 Å². The summed E-state index contributed by atoms with van der Waals surface area (Å²) in [6.07, 6.45) is 5.72. The van der Waals surface area contributed by atoms with Gasteiger partial charge >= 0.3 is 6.18 Å². The highest BCUT2D eigenvalue weighted by Crippen LogP contribution is 2.37. The lowest BCUT2D eigenvalue weighted by Crippen LogP contribution is -2.37. The predicted octanol–water partition coefficient (Wildman–Crippen LogP) is 3.50. The Morgan fingerprint density at radius 2 is 1.76 bits per heavy atom. The third-order valence-corrected chi connectivity index (χ3v) is 3.37. The van der Waals surface area contributed by atoms with Crippen molar-refractivity contribution in [2.24, 2.45) is 5.92 Å². The fourth-order valence-electron chi connectivity index (χ4n) is 2.28. The minimum Gasteiger partial charge on any atom is -0.314 e. The number of halogens is 3. The second-order valence-electron chi connectivity index (χ2n) is 4.71. The molecule has 0 saturated heterocycles. The third-order valence-electron chi connectivity index (χ3n) is 3.37. The zero-order valence-electron chi connectivity index (χ0n) is 10.0. The Hall–Kier alpha value is -0.690. The van der Waals surface area contributed by atoms with Crippen LogP contribution in [0.1, 0.15) is 44.9 Å². The second kappa shape index (κ2) is 6.90. The van der Waals surface area contributed by atoms with Gasteiger partial charge in [0.15, 0.2) is 0 Å². The van der Waals surface area contributed by atoms with Crippen LogP contribution in [0.25, 0.3) is 0 Å². The molecule has 0 heterocycles. The largest absolute Gasteiger partial charge is 0.391 e. The molecular weight excluding hydrogens is 227 g/mol. The number of unbranched alkanes of at least 4 members (excludes halogenated alkanes) is 2. The maximum absolute atomic E-state index is 12.4. The van der Waals surface area contributed by atoms with Gasteiger partial charge in [0.1, 0.15) is 0 Å². The van der Waals surface area contributed by atoms with E-state index in [1.807, 2.05) is 0 Å². The number of hydrogen-bond donors (Lipinski definition) is 1. The highest BCUT2D eigenvalue weighted by Gasteiger charge is 2.41. The summed E-state index contributed by atoms with van der Waals surface area (Å²) in [6, 6.07) is 0.263. The van der Waals surface area contributed by atoms with E-state index in [2.05, 4.69) is 11.2 Å². The fourth-order valence-corrected chi connectivity index (χ4v) is 2.28. The van der Waals surface area contributed by atoms with Crippen molar-refractivity contribution in [1.29, 1.82) is 0 Å². The number of nitrogens with one attached hydrogen (secondary N) is 1. The van der Waals surface area contributed by atoms with Gasteiger partial charge in [0.25, 0.3) is 0 Å². The molecule has 0 aromatic rings. The lowest BCUT2D eigenvalue weighted by Gasteiger charge is -2.30. The van der Waals surface area contributed by atoms with E-state index in [4.69, 9.17) is 6.42 Å². The zero-order chi connectivity index (χ0) is 12.7. The van der Waals surface area contributed by atoms with Gasteiger partial charge in [-0.3, -0.25) is 0 Å². The molecule has 1 N–H and O–H groups in total. The lowest BCUT2D eigenvalue weighted by atomic mass is 9.85. The molecule has 98 valence electrons. The van der Waals surface area contributed by atoms with Crippen molar-refractivity contribution >= 4 is 0 Å². The van der Waals surface area contributed by atoms with Crippen LogP contribution in [0.3, 0.4) is 0 Å². The highest BCUT2D eigenvalue weighted by atomic mass is 19.4. The Bertz CT molecular complexity index is 246. The van der Waals surface area contributed by atoms with Crippen LogP contribution in [0, 0.1) is 18.3 Å². The smallest absolute Gasteiger partial charge is 0.314 e. The first-order valence-corrected chi connectivity index (χ1v) is 6.27. The molecule has 1 rings (SSSR count). The summed E-state index contributed by atoms with van der Waals surface area (Å²) in [5, 5.41) is 3.32. The van der Waals surface area contributed by atoms with Gasteiger partial charge in [0.05, 0.1) is 5.92 Å². The molecule has 0 aromatic heterocycles. The molecule has 0 spiro atoms. The summed E-state index contributed by atoms with van der Waals surface area (Å²) in [6.45, 7) is 0.864. The number of alkyl halides is 3. The molecule has 1 aliphatic carbocycles. The van der Waals surface area contributed by atoms with Crippen LogP contribution in [0.5, 0.6) is 0 Å². The number of rotatable bonds is 5. The fraction of sp³-hybridized carbons (Fsp3) is 0.846. The maximum atomic E-state index is 12.4. The molecule has 0 atom stereocenters. The SMILES string of the molecule is C#CCCCCNC1CCC(C(F)(F)F)CC1. The van der Waals surface area contributed by atoms with Crippen molar-refractivity contribution in [3.05, 3.63) is 0 Å². The Balaban J connectivity index is 2.09. The summed E-state index contributed by atoms with van der Waals surface area (Å²) in [5.41, 5.74) is 0. The monoisotopic (exact) mass is 247 g/mol. The van der Waals surface area contributed by atoms with Crippen LogP contribution in [0.2, 0.25) is 0 Å². The molecule has 0 aliphatic heterocycles. The number of terminal acetylenes is 1. The van der Waals surface area contributed by atoms with Gasteiger partial charge < -0.3 is 5.32 Å². The van der Waals surface area contributed by atoms with Crippen molar-refractivity contribution in [2.75, 3.05) is 6.54 Å². The van der Waals surface area contributed by atoms with Gasteiger partial charge in [-0.15, -0.1) is 12.3 Å². The van der Waals surface area contributed by atoms with E-state index < -0.39 is 12.1 Å². The van der Waals surface area contributed by atoms with Crippen LogP contribution >= 0.6 is 0 Å². The average Bonchev–Trinajstić information content (AvgIpc) is 2.28. The Morgan fingerprint density at radius 3 is 2.29 bits per heavy atom. The van der Waals surface area contributed by atoms with E-state index in [9.17, 15) is 13.2 Å². The molecule has 4 heteroatoms. The summed E-state index contributed by atoms with van der Waals surface area (Å²) in [5.74, 6) is 1.49. The first-order chi connectivity index (χ1) is 8.04. The van der Waals surface area contributed by atoms with Gasteiger partial charge in [-0.1, -0.05) is 0 Å². The summed E-state index contributed by atoms with van der Waals surface area (Å²) < 4.78 is 37.3. The topological polar surface area (TPSA) is 12.0 Å². The average molecular weight is 247 g/mol. The lowest BCUT2D eigenvalue weighted by molar-refractivity contribution is -0.182. The van der Waals surface area contributed by atoms with E-state index in [-0.39, 0.29) is 18.9 Å². The van der Waals surface area contributed by atoms with Crippen LogP contribution < -0.4 is 5.32 Å². The molecular formula is C13H20F3N. The van der Waals surface area contributed by atoms with Crippen LogP contribution in [0.15, 0.2) is 0 Å². The predicted molar refractivity (Wildman–Crippen MR) is 62.5 cm³/mol. The van der Waals surface area contributed by atoms with E-state index in [1.54, 1.807) is 0 Å². The first kappa shape index (κ1) is 14.4. The molecule has 0 unspecified atom stereocenters. The minimum absolute atomic E-state index is 0.263. The normalized spacial score (nSPS) is 25.5. The standard InChI is InChI=1S/C13H20F3N/c1-2-3-4-5-10-17-12-8-6-11(7-9-12)13(14,15)16/h1,11-12,17H,3-10H2. The van der Waals surface area contributed by atoms with Gasteiger partial charge in [0, 0.05) is 12.5 Å². The first-order valence-electron chi connectivity index (χ1n) is 6.27. The number of hydrogen-bond acceptors (Lipinski definition) is 1. The van der Waals surface area contributed by atoms with E-state index in [0.717, 1.165) is 25.8 Å². The molecule has 17 heavy (non-hydrogen) atoms. The third kappa shape index (κ3) is 5.45. The second-order valence-corrected chi connectivity index (χ2v) is 4.71. The van der Waals surface area contributed by atoms with E-state index in [0.29, 0.717) is 12.8 Å². The van der Waals surface area contributed by atoms with E-state index in [1.165, 1.54) is 0 Å². The van der Waals surface area contributed by atoms with Crippen molar-refractivity contribution in [3.8, 4) is 12.3 Å². The molecule has 0 amide bonds. The maximum Gasteiger partial charge on any atom is 0.391 e. The minimum atomic E-state index is -4.00. The van der Waals surface area contributed by atoms with Gasteiger partial charge in [0.2, 0.25) is 0 Å². The van der Waals surface area contributed by atoms with Crippen LogP contribution in [0.4, 0.5) is 13.2 Å². The molecule has 0 radical (unpaired) electrons. The molecule has 1 nitrogen and oxygen atoms in total. The summed E-state index contributed by atoms with van der Waals surface area (Å²) in [4.78, 5) is 0. The molecule has 0 bridgehead atoms. The Kier molecular flexibility index (Phi) is 5.84. The molecule has 1 fully saturated rings. The molecule has 0 aromatic carbocycles. The van der Waals surface area contributed by atoms with Crippen LogP contribution in [-0.4, -0.2) is 18.8 Å². The van der Waals surface area contributed by atoms with Crippen molar-refractivity contribution < 1.29 is 13.2 Å². The van der Waals surface area contributed by atoms with E-state index >= 15 is 0 Å². The van der Waals surface area contributed by atoms with Gasteiger partial charge in [-0.25, -0.2) is 0 Å². The Morgan fingerprint density at radius 1 is 1.12 bits per heavy atom. The van der Waals surface area contributed by atoms with Crippen molar-refractivity contribution in [1.82, 2.24) is 5.32 Å². The quantitative estimate of drug-likeness (QED) is 0.579. The van der Waals surface area contributed by atoms with Gasteiger partial charge in [-0.2, -0.15) is 13.2 Å². The van der Waals surface area contributed by atoms with Crippen molar-refractivity contribution in [3.63, 3.8) is 0 Å². The molecule has 1 saturated carbocycles. The van der Waals surface area contributed by atoms with Crippen LogP contribution in [-0.2, 0) is 0 Å². The molecule has 1 aliphatic rings. The zero-order valence-corrected chi connectivity index (χ0v) is 10.0. The summed E-state index contributed by atoms with van der Waals surface area (Å²) >= 11 is 0. The van der Waals surface area contributed by atoms with Gasteiger partial charge in [-0.05, 0) is 45.1 Å². The van der Waals surface area contributed by atoms with Crippen molar-refractivity contribution in [2.45, 2.75) is 57.2 Å².